The van der Waals surface area contributed by atoms with Crippen LogP contribution in [0.3, 0.4) is 0 Å². The Kier molecular flexibility index (Phi) is 5.59. The molecule has 0 bridgehead atoms. The van der Waals surface area contributed by atoms with Gasteiger partial charge in [-0.3, -0.25) is 14.4 Å². The number of rotatable bonds is 5. The van der Waals surface area contributed by atoms with Gasteiger partial charge in [0.25, 0.3) is 5.91 Å². The number of ether oxygens (including phenoxy) is 1. The number of carbonyl (C=O) groups excluding carboxylic acids is 3. The Bertz CT molecular complexity index is 710. The van der Waals surface area contributed by atoms with Crippen molar-refractivity contribution in [3.8, 4) is 0 Å². The highest BCUT2D eigenvalue weighted by Gasteiger charge is 2.37. The van der Waals surface area contributed by atoms with Crippen LogP contribution in [0.4, 0.5) is 5.69 Å². The normalized spacial score (nSPS) is 20.5. The first-order valence-corrected chi connectivity index (χ1v) is 9.28. The molecule has 26 heavy (non-hydrogen) atoms. The number of hydrogen-bond donors (Lipinski definition) is 1. The fraction of sp³-hybridized carbons (Fsp3) is 0.550. The minimum Gasteiger partial charge on any atom is -0.455 e. The fourth-order valence-corrected chi connectivity index (χ4v) is 3.72. The predicted octanol–water partition coefficient (Wildman–Crippen LogP) is 2.26. The summed E-state index contributed by atoms with van der Waals surface area (Å²) in [5.41, 5.74) is 2.97. The summed E-state index contributed by atoms with van der Waals surface area (Å²) in [5.74, 6) is -1.36. The highest BCUT2D eigenvalue weighted by atomic mass is 16.5. The van der Waals surface area contributed by atoms with Crippen LogP contribution in [-0.2, 0) is 19.1 Å². The van der Waals surface area contributed by atoms with E-state index in [4.69, 9.17) is 4.74 Å². The van der Waals surface area contributed by atoms with Crippen molar-refractivity contribution >= 4 is 23.5 Å². The Morgan fingerprint density at radius 2 is 1.96 bits per heavy atom. The minimum atomic E-state index is -0.526. The van der Waals surface area contributed by atoms with Gasteiger partial charge < -0.3 is 15.0 Å². The molecule has 6 heteroatoms. The summed E-state index contributed by atoms with van der Waals surface area (Å²) in [5, 5.41) is 2.89. The van der Waals surface area contributed by atoms with E-state index in [9.17, 15) is 14.4 Å². The molecule has 1 heterocycles. The first-order chi connectivity index (χ1) is 12.5. The van der Waals surface area contributed by atoms with Gasteiger partial charge in [-0.15, -0.1) is 0 Å². The van der Waals surface area contributed by atoms with Gasteiger partial charge in [0.05, 0.1) is 5.92 Å². The zero-order chi connectivity index (χ0) is 18.7. The number of anilines is 1. The predicted molar refractivity (Wildman–Crippen MR) is 97.7 cm³/mol. The molecular formula is C20H26N2O4. The van der Waals surface area contributed by atoms with E-state index in [1.165, 1.54) is 0 Å². The van der Waals surface area contributed by atoms with E-state index in [0.29, 0.717) is 6.54 Å². The lowest BCUT2D eigenvalue weighted by molar-refractivity contribution is -0.152. The van der Waals surface area contributed by atoms with Crippen LogP contribution in [0.5, 0.6) is 0 Å². The van der Waals surface area contributed by atoms with Gasteiger partial charge in [-0.2, -0.15) is 0 Å². The first kappa shape index (κ1) is 18.4. The van der Waals surface area contributed by atoms with Gasteiger partial charge >= 0.3 is 5.97 Å². The van der Waals surface area contributed by atoms with Gasteiger partial charge in [-0.1, -0.05) is 25.0 Å². The van der Waals surface area contributed by atoms with E-state index in [0.717, 1.165) is 42.5 Å². The summed E-state index contributed by atoms with van der Waals surface area (Å²) in [6.07, 6.45) is 4.35. The van der Waals surface area contributed by atoms with Gasteiger partial charge in [-0.25, -0.2) is 0 Å². The Labute approximate surface area is 153 Å². The lowest BCUT2D eigenvalue weighted by Crippen LogP contribution is -2.36. The molecule has 1 aliphatic carbocycles. The maximum atomic E-state index is 12.4. The van der Waals surface area contributed by atoms with Gasteiger partial charge in [-0.05, 0) is 43.9 Å². The number of benzene rings is 1. The maximum absolute atomic E-state index is 12.4. The van der Waals surface area contributed by atoms with Crippen molar-refractivity contribution in [1.29, 1.82) is 0 Å². The second-order valence-electron chi connectivity index (χ2n) is 7.28. The second kappa shape index (κ2) is 7.89. The summed E-state index contributed by atoms with van der Waals surface area (Å²) in [6.45, 7) is 3.99. The first-order valence-electron chi connectivity index (χ1n) is 9.28. The minimum absolute atomic E-state index is 0.0870. The van der Waals surface area contributed by atoms with Crippen LogP contribution in [0.2, 0.25) is 0 Å². The van der Waals surface area contributed by atoms with Crippen LogP contribution < -0.4 is 10.2 Å². The maximum Gasteiger partial charge on any atom is 0.311 e. The standard InChI is InChI=1S/C20H26N2O4/c1-13-6-5-9-17(14(13)2)22-11-15(10-19(22)24)20(25)26-12-18(23)21-16-7-3-4-8-16/h5-6,9,15-16H,3-4,7-8,10-12H2,1-2H3,(H,21,23)/t15-/m1/s1. The lowest BCUT2D eigenvalue weighted by atomic mass is 10.1. The number of carbonyl (C=O) groups is 3. The highest BCUT2D eigenvalue weighted by Crippen LogP contribution is 2.29. The Balaban J connectivity index is 1.53. The molecule has 1 saturated carbocycles. The van der Waals surface area contributed by atoms with Crippen molar-refractivity contribution in [3.05, 3.63) is 29.3 Å². The topological polar surface area (TPSA) is 75.7 Å². The summed E-state index contributed by atoms with van der Waals surface area (Å²) >= 11 is 0. The molecular weight excluding hydrogens is 332 g/mol. The number of hydrogen-bond acceptors (Lipinski definition) is 4. The molecule has 3 rings (SSSR count). The van der Waals surface area contributed by atoms with E-state index in [1.807, 2.05) is 32.0 Å². The van der Waals surface area contributed by atoms with Crippen molar-refractivity contribution in [2.45, 2.75) is 52.0 Å². The van der Waals surface area contributed by atoms with E-state index >= 15 is 0 Å². The average Bonchev–Trinajstić information content (AvgIpc) is 3.25. The Morgan fingerprint density at radius 1 is 1.23 bits per heavy atom. The van der Waals surface area contributed by atoms with E-state index < -0.39 is 11.9 Å². The van der Waals surface area contributed by atoms with Crippen LogP contribution in [0.1, 0.15) is 43.2 Å². The highest BCUT2D eigenvalue weighted by molar-refractivity contribution is 6.00. The number of amides is 2. The zero-order valence-corrected chi connectivity index (χ0v) is 15.4. The molecule has 1 aromatic rings. The monoisotopic (exact) mass is 358 g/mol. The quantitative estimate of drug-likeness (QED) is 0.819. The van der Waals surface area contributed by atoms with Gasteiger partial charge in [0.2, 0.25) is 5.91 Å². The molecule has 0 unspecified atom stereocenters. The van der Waals surface area contributed by atoms with Gasteiger partial charge in [0, 0.05) is 24.7 Å². The molecule has 2 aliphatic rings. The van der Waals surface area contributed by atoms with Crippen LogP contribution in [0, 0.1) is 19.8 Å². The number of esters is 1. The molecule has 0 spiro atoms. The largest absolute Gasteiger partial charge is 0.455 e. The SMILES string of the molecule is Cc1cccc(N2C[C@H](C(=O)OCC(=O)NC3CCCC3)CC2=O)c1C. The molecule has 0 radical (unpaired) electrons. The smallest absolute Gasteiger partial charge is 0.311 e. The number of nitrogens with one attached hydrogen (secondary N) is 1. The molecule has 1 aliphatic heterocycles. The molecule has 140 valence electrons. The van der Waals surface area contributed by atoms with Crippen molar-refractivity contribution in [3.63, 3.8) is 0 Å². The number of nitrogens with zero attached hydrogens (tertiary/aromatic N) is 1. The third-order valence-corrected chi connectivity index (χ3v) is 5.39. The molecule has 6 nitrogen and oxygen atoms in total. The molecule has 1 N–H and O–H groups in total. The van der Waals surface area contributed by atoms with Crippen LogP contribution in [0.25, 0.3) is 0 Å². The zero-order valence-electron chi connectivity index (χ0n) is 15.4. The summed E-state index contributed by atoms with van der Waals surface area (Å²) in [7, 11) is 0. The fourth-order valence-electron chi connectivity index (χ4n) is 3.72. The Hall–Kier alpha value is -2.37. The van der Waals surface area contributed by atoms with E-state index in [2.05, 4.69) is 5.32 Å². The second-order valence-corrected chi connectivity index (χ2v) is 7.28. The summed E-state index contributed by atoms with van der Waals surface area (Å²) in [6, 6.07) is 6.00. The lowest BCUT2D eigenvalue weighted by Gasteiger charge is -2.20. The molecule has 2 amide bonds. The van der Waals surface area contributed by atoms with Gasteiger partial charge in [0.1, 0.15) is 0 Å². The van der Waals surface area contributed by atoms with Crippen molar-refractivity contribution in [2.75, 3.05) is 18.1 Å². The molecule has 1 saturated heterocycles. The molecule has 1 aromatic carbocycles. The molecule has 2 fully saturated rings. The van der Waals surface area contributed by atoms with E-state index in [-0.39, 0.29) is 30.9 Å². The van der Waals surface area contributed by atoms with Crippen molar-refractivity contribution in [2.24, 2.45) is 5.92 Å². The summed E-state index contributed by atoms with van der Waals surface area (Å²) < 4.78 is 5.15. The van der Waals surface area contributed by atoms with Crippen molar-refractivity contribution in [1.82, 2.24) is 5.32 Å². The van der Waals surface area contributed by atoms with E-state index in [1.54, 1.807) is 4.90 Å². The molecule has 1 atom stereocenters. The van der Waals surface area contributed by atoms with Crippen LogP contribution >= 0.6 is 0 Å². The van der Waals surface area contributed by atoms with Crippen LogP contribution in [0.15, 0.2) is 18.2 Å². The van der Waals surface area contributed by atoms with Crippen LogP contribution in [-0.4, -0.2) is 37.0 Å². The number of aryl methyl sites for hydroxylation is 1. The Morgan fingerprint density at radius 3 is 2.69 bits per heavy atom. The van der Waals surface area contributed by atoms with Crippen molar-refractivity contribution < 1.29 is 19.1 Å². The third-order valence-electron chi connectivity index (χ3n) is 5.39. The average molecular weight is 358 g/mol. The molecule has 0 aromatic heterocycles. The van der Waals surface area contributed by atoms with Gasteiger partial charge in [0.15, 0.2) is 6.61 Å². The third kappa shape index (κ3) is 4.06. The summed E-state index contributed by atoms with van der Waals surface area (Å²) in [4.78, 5) is 38.2.